The Labute approximate surface area is 109 Å². The van der Waals surface area contributed by atoms with Gasteiger partial charge in [0.2, 0.25) is 0 Å². The maximum Gasteiger partial charge on any atom is 0.331 e. The average molecular weight is 247 g/mol. The van der Waals surface area contributed by atoms with Crippen LogP contribution in [-0.2, 0) is 4.79 Å². The van der Waals surface area contributed by atoms with Crippen molar-refractivity contribution in [1.82, 2.24) is 0 Å². The molecule has 3 heteroatoms. The van der Waals surface area contributed by atoms with Crippen LogP contribution in [0, 0.1) is 6.92 Å². The van der Waals surface area contributed by atoms with Crippen LogP contribution in [0.3, 0.4) is 0 Å². The molecule has 0 radical (unpaired) electrons. The van der Waals surface area contributed by atoms with Gasteiger partial charge in [0.15, 0.2) is 0 Å². The molecule has 0 aromatic heterocycles. The van der Waals surface area contributed by atoms with Gasteiger partial charge in [-0.25, -0.2) is 4.79 Å². The summed E-state index contributed by atoms with van der Waals surface area (Å²) in [4.78, 5) is 10.9. The third-order valence-corrected chi connectivity index (χ3v) is 2.81. The second-order valence-corrected chi connectivity index (χ2v) is 4.33. The Morgan fingerprint density at radius 3 is 2.61 bits per heavy atom. The van der Waals surface area contributed by atoms with Gasteiger partial charge >= 0.3 is 5.97 Å². The van der Waals surface area contributed by atoms with Crippen molar-refractivity contribution in [3.8, 4) is 0 Å². The summed E-state index contributed by atoms with van der Waals surface area (Å²) in [6, 6.07) is 5.96. The van der Waals surface area contributed by atoms with Gasteiger partial charge in [0.1, 0.15) is 0 Å². The van der Waals surface area contributed by atoms with Crippen molar-refractivity contribution >= 4 is 17.7 Å². The quantitative estimate of drug-likeness (QED) is 0.754. The van der Waals surface area contributed by atoms with E-state index in [4.69, 9.17) is 5.11 Å². The molecule has 98 valence electrons. The first-order valence-electron chi connectivity index (χ1n) is 6.36. The molecule has 0 spiro atoms. The fourth-order valence-electron chi connectivity index (χ4n) is 1.75. The van der Waals surface area contributed by atoms with Crippen LogP contribution < -0.4 is 5.32 Å². The molecular formula is C15H21NO2. The lowest BCUT2D eigenvalue weighted by Crippen LogP contribution is -2.02. The molecule has 0 fully saturated rings. The number of anilines is 1. The summed E-state index contributed by atoms with van der Waals surface area (Å²) in [5, 5.41) is 12.3. The summed E-state index contributed by atoms with van der Waals surface area (Å²) in [6.07, 6.45) is 3.35. The minimum atomic E-state index is -0.844. The van der Waals surface area contributed by atoms with Gasteiger partial charge in [0.25, 0.3) is 0 Å². The zero-order valence-corrected chi connectivity index (χ0v) is 11.3. The first-order chi connectivity index (χ1) is 8.58. The first kappa shape index (κ1) is 14.3. The van der Waals surface area contributed by atoms with Gasteiger partial charge in [-0.05, 0) is 49.1 Å². The Morgan fingerprint density at radius 1 is 1.39 bits per heavy atom. The lowest BCUT2D eigenvalue weighted by atomic mass is 10.1. The van der Waals surface area contributed by atoms with E-state index in [1.54, 1.807) is 6.08 Å². The smallest absolute Gasteiger partial charge is 0.331 e. The van der Waals surface area contributed by atoms with E-state index in [-0.39, 0.29) is 0 Å². The standard InChI is InChI=1S/C15H21NO2/c1-4-8-16-14-7-6-12(9-11(14)3)10-13(5-2)15(17)18/h6-7,9-10,16H,4-5,8H2,1-3H3,(H,17,18). The molecule has 0 heterocycles. The molecule has 0 atom stereocenters. The van der Waals surface area contributed by atoms with Crippen molar-refractivity contribution < 1.29 is 9.90 Å². The number of rotatable bonds is 6. The monoisotopic (exact) mass is 247 g/mol. The normalized spacial score (nSPS) is 11.4. The van der Waals surface area contributed by atoms with Crippen LogP contribution in [0.4, 0.5) is 5.69 Å². The Kier molecular flexibility index (Phi) is 5.43. The van der Waals surface area contributed by atoms with Crippen molar-refractivity contribution in [3.63, 3.8) is 0 Å². The lowest BCUT2D eigenvalue weighted by molar-refractivity contribution is -0.132. The van der Waals surface area contributed by atoms with E-state index in [9.17, 15) is 4.79 Å². The summed E-state index contributed by atoms with van der Waals surface area (Å²) < 4.78 is 0. The minimum absolute atomic E-state index is 0.434. The van der Waals surface area contributed by atoms with E-state index in [2.05, 4.69) is 12.2 Å². The van der Waals surface area contributed by atoms with Gasteiger partial charge in [0, 0.05) is 17.8 Å². The summed E-state index contributed by atoms with van der Waals surface area (Å²) in [5.74, 6) is -0.844. The molecule has 0 aliphatic rings. The highest BCUT2D eigenvalue weighted by Gasteiger charge is 2.05. The summed E-state index contributed by atoms with van der Waals surface area (Å²) in [7, 11) is 0. The van der Waals surface area contributed by atoms with Crippen LogP contribution in [0.1, 0.15) is 37.8 Å². The van der Waals surface area contributed by atoms with E-state index in [1.165, 1.54) is 0 Å². The summed E-state index contributed by atoms with van der Waals surface area (Å²) in [5.41, 5.74) is 3.62. The zero-order valence-electron chi connectivity index (χ0n) is 11.3. The highest BCUT2D eigenvalue weighted by Crippen LogP contribution is 2.19. The number of hydrogen-bond acceptors (Lipinski definition) is 2. The molecule has 0 amide bonds. The van der Waals surface area contributed by atoms with Gasteiger partial charge in [-0.1, -0.05) is 19.9 Å². The minimum Gasteiger partial charge on any atom is -0.478 e. The van der Waals surface area contributed by atoms with Crippen molar-refractivity contribution in [2.24, 2.45) is 0 Å². The Hall–Kier alpha value is -1.77. The van der Waals surface area contributed by atoms with E-state index in [0.717, 1.165) is 29.8 Å². The summed E-state index contributed by atoms with van der Waals surface area (Å²) >= 11 is 0. The number of carboxylic acid groups (broad SMARTS) is 1. The van der Waals surface area contributed by atoms with Gasteiger partial charge in [-0.2, -0.15) is 0 Å². The zero-order chi connectivity index (χ0) is 13.5. The predicted octanol–water partition coefficient (Wildman–Crippen LogP) is 3.69. The fourth-order valence-corrected chi connectivity index (χ4v) is 1.75. The highest BCUT2D eigenvalue weighted by molar-refractivity contribution is 5.92. The van der Waals surface area contributed by atoms with Crippen molar-refractivity contribution in [2.45, 2.75) is 33.6 Å². The van der Waals surface area contributed by atoms with Crippen LogP contribution in [0.2, 0.25) is 0 Å². The topological polar surface area (TPSA) is 49.3 Å². The Balaban J connectivity index is 2.93. The van der Waals surface area contributed by atoms with Gasteiger partial charge < -0.3 is 10.4 Å². The lowest BCUT2D eigenvalue weighted by Gasteiger charge is -2.09. The molecule has 0 bridgehead atoms. The van der Waals surface area contributed by atoms with Gasteiger partial charge in [-0.3, -0.25) is 0 Å². The number of nitrogens with one attached hydrogen (secondary N) is 1. The molecule has 3 nitrogen and oxygen atoms in total. The second-order valence-electron chi connectivity index (χ2n) is 4.33. The van der Waals surface area contributed by atoms with Gasteiger partial charge in [-0.15, -0.1) is 0 Å². The molecule has 18 heavy (non-hydrogen) atoms. The van der Waals surface area contributed by atoms with Crippen LogP contribution in [-0.4, -0.2) is 17.6 Å². The molecule has 0 unspecified atom stereocenters. The first-order valence-corrected chi connectivity index (χ1v) is 6.36. The van der Waals surface area contributed by atoms with E-state index in [1.807, 2.05) is 32.0 Å². The molecule has 0 aliphatic heterocycles. The van der Waals surface area contributed by atoms with Gasteiger partial charge in [0.05, 0.1) is 0 Å². The molecule has 1 rings (SSSR count). The van der Waals surface area contributed by atoms with Crippen LogP contribution in [0.15, 0.2) is 23.8 Å². The third-order valence-electron chi connectivity index (χ3n) is 2.81. The number of aliphatic carboxylic acids is 1. The number of benzene rings is 1. The second kappa shape index (κ2) is 6.84. The van der Waals surface area contributed by atoms with E-state index in [0.29, 0.717) is 12.0 Å². The predicted molar refractivity (Wildman–Crippen MR) is 75.9 cm³/mol. The molecule has 2 N–H and O–H groups in total. The molecule has 0 saturated carbocycles. The number of carboxylic acids is 1. The number of carbonyl (C=O) groups is 1. The maximum atomic E-state index is 10.9. The largest absolute Gasteiger partial charge is 0.478 e. The molecule has 1 aromatic carbocycles. The van der Waals surface area contributed by atoms with Crippen LogP contribution in [0.25, 0.3) is 6.08 Å². The average Bonchev–Trinajstić information content (AvgIpc) is 2.34. The number of aryl methyl sites for hydroxylation is 1. The molecule has 1 aromatic rings. The number of hydrogen-bond donors (Lipinski definition) is 2. The van der Waals surface area contributed by atoms with Crippen molar-refractivity contribution in [2.75, 3.05) is 11.9 Å². The Morgan fingerprint density at radius 2 is 2.11 bits per heavy atom. The molecule has 0 saturated heterocycles. The van der Waals surface area contributed by atoms with Crippen LogP contribution >= 0.6 is 0 Å². The fraction of sp³-hybridized carbons (Fsp3) is 0.400. The summed E-state index contributed by atoms with van der Waals surface area (Å²) in [6.45, 7) is 6.96. The SMILES string of the molecule is CCCNc1ccc(C=C(CC)C(=O)O)cc1C. The van der Waals surface area contributed by atoms with E-state index >= 15 is 0 Å². The van der Waals surface area contributed by atoms with E-state index < -0.39 is 5.97 Å². The van der Waals surface area contributed by atoms with Crippen LogP contribution in [0.5, 0.6) is 0 Å². The van der Waals surface area contributed by atoms with Crippen molar-refractivity contribution in [3.05, 3.63) is 34.9 Å². The Bertz CT molecular complexity index is 450. The third kappa shape index (κ3) is 3.91. The van der Waals surface area contributed by atoms with Crippen molar-refractivity contribution in [1.29, 1.82) is 0 Å². The highest BCUT2D eigenvalue weighted by atomic mass is 16.4. The molecule has 0 aliphatic carbocycles. The molecular weight excluding hydrogens is 226 g/mol. The maximum absolute atomic E-state index is 10.9.